The molecule has 1 nitrogen and oxygen atoms in total. The van der Waals surface area contributed by atoms with Crippen LogP contribution < -0.4 is 0 Å². The van der Waals surface area contributed by atoms with Crippen molar-refractivity contribution in [3.8, 4) is 0 Å². The summed E-state index contributed by atoms with van der Waals surface area (Å²) in [6.07, 6.45) is 8.74. The maximum absolute atomic E-state index is 6.10. The van der Waals surface area contributed by atoms with Crippen LogP contribution in [0, 0.1) is 5.92 Å². The Morgan fingerprint density at radius 1 is 1.16 bits per heavy atom. The molecule has 0 heterocycles. The van der Waals surface area contributed by atoms with Crippen molar-refractivity contribution in [3.05, 3.63) is 42.0 Å². The van der Waals surface area contributed by atoms with Crippen molar-refractivity contribution in [1.29, 1.82) is 0 Å². The molecule has 0 radical (unpaired) electrons. The fraction of sp³-hybridized carbons (Fsp3) is 0.529. The highest BCUT2D eigenvalue weighted by atomic mass is 35.5. The quantitative estimate of drug-likeness (QED) is 0.429. The molecular weight excluding hydrogens is 256 g/mol. The second kappa shape index (κ2) is 10.1. The Labute approximate surface area is 122 Å². The van der Waals surface area contributed by atoms with Gasteiger partial charge in [-0.2, -0.15) is 0 Å². The van der Waals surface area contributed by atoms with Crippen LogP contribution in [0.1, 0.15) is 45.1 Å². The van der Waals surface area contributed by atoms with Gasteiger partial charge in [0.25, 0.3) is 0 Å². The molecule has 1 aromatic rings. The molecule has 1 aromatic carbocycles. The zero-order valence-electron chi connectivity index (χ0n) is 12.0. The first-order valence-corrected chi connectivity index (χ1v) is 7.68. The number of hydrogen-bond donors (Lipinski definition) is 0. The minimum absolute atomic E-state index is 0.332. The standard InChI is InChI=1S/C17H25ClO/c1-3-15(4-2)11-8-14-19-17(18)13-12-16-9-6-5-7-10-16/h5-7,9-10,12-13,15,17H,3-4,8,11,14H2,1-2H3/b13-12+. The third kappa shape index (κ3) is 7.39. The Morgan fingerprint density at radius 3 is 2.47 bits per heavy atom. The lowest BCUT2D eigenvalue weighted by atomic mass is 9.98. The van der Waals surface area contributed by atoms with Gasteiger partial charge in [0.1, 0.15) is 5.56 Å². The van der Waals surface area contributed by atoms with E-state index in [9.17, 15) is 0 Å². The van der Waals surface area contributed by atoms with E-state index in [-0.39, 0.29) is 5.56 Å². The molecule has 0 bridgehead atoms. The average molecular weight is 281 g/mol. The van der Waals surface area contributed by atoms with Crippen molar-refractivity contribution >= 4 is 17.7 Å². The first-order chi connectivity index (χ1) is 9.26. The Kier molecular flexibility index (Phi) is 8.61. The zero-order valence-corrected chi connectivity index (χ0v) is 12.8. The highest BCUT2D eigenvalue weighted by molar-refractivity contribution is 6.21. The van der Waals surface area contributed by atoms with E-state index in [0.717, 1.165) is 24.5 Å². The van der Waals surface area contributed by atoms with Gasteiger partial charge in [-0.15, -0.1) is 0 Å². The number of ether oxygens (including phenoxy) is 1. The summed E-state index contributed by atoms with van der Waals surface area (Å²) in [5.74, 6) is 0.831. The maximum Gasteiger partial charge on any atom is 0.150 e. The van der Waals surface area contributed by atoms with Crippen LogP contribution in [0.5, 0.6) is 0 Å². The third-order valence-electron chi connectivity index (χ3n) is 3.43. The molecule has 1 rings (SSSR count). The van der Waals surface area contributed by atoms with Gasteiger partial charge in [-0.1, -0.05) is 74.7 Å². The van der Waals surface area contributed by atoms with Gasteiger partial charge in [0.15, 0.2) is 0 Å². The zero-order chi connectivity index (χ0) is 13.9. The van der Waals surface area contributed by atoms with Crippen molar-refractivity contribution in [2.24, 2.45) is 5.92 Å². The van der Waals surface area contributed by atoms with Crippen LogP contribution in [-0.2, 0) is 4.74 Å². The summed E-state index contributed by atoms with van der Waals surface area (Å²) in [5, 5.41) is 0. The molecule has 1 unspecified atom stereocenters. The molecule has 1 atom stereocenters. The molecule has 0 N–H and O–H groups in total. The van der Waals surface area contributed by atoms with Crippen LogP contribution >= 0.6 is 11.6 Å². The molecule has 0 aliphatic rings. The van der Waals surface area contributed by atoms with Gasteiger partial charge in [0.05, 0.1) is 0 Å². The number of alkyl halides is 1. The largest absolute Gasteiger partial charge is 0.359 e. The van der Waals surface area contributed by atoms with E-state index in [0.29, 0.717) is 0 Å². The van der Waals surface area contributed by atoms with Gasteiger partial charge >= 0.3 is 0 Å². The first-order valence-electron chi connectivity index (χ1n) is 7.25. The molecular formula is C17H25ClO. The molecule has 0 aliphatic heterocycles. The molecule has 0 spiro atoms. The van der Waals surface area contributed by atoms with Gasteiger partial charge in [0.2, 0.25) is 0 Å². The van der Waals surface area contributed by atoms with E-state index >= 15 is 0 Å². The fourth-order valence-electron chi connectivity index (χ4n) is 2.07. The smallest absolute Gasteiger partial charge is 0.150 e. The summed E-state index contributed by atoms with van der Waals surface area (Å²) in [7, 11) is 0. The van der Waals surface area contributed by atoms with Gasteiger partial charge in [-0.05, 0) is 30.4 Å². The molecule has 19 heavy (non-hydrogen) atoms. The Bertz CT molecular complexity index is 344. The summed E-state index contributed by atoms with van der Waals surface area (Å²) in [6.45, 7) is 5.24. The van der Waals surface area contributed by atoms with Crippen molar-refractivity contribution in [2.75, 3.05) is 6.61 Å². The van der Waals surface area contributed by atoms with Crippen molar-refractivity contribution < 1.29 is 4.74 Å². The van der Waals surface area contributed by atoms with Crippen LogP contribution in [0.15, 0.2) is 36.4 Å². The summed E-state index contributed by atoms with van der Waals surface area (Å²) in [6, 6.07) is 10.1. The van der Waals surface area contributed by atoms with Gasteiger partial charge < -0.3 is 4.74 Å². The van der Waals surface area contributed by atoms with E-state index in [1.807, 2.05) is 42.5 Å². The van der Waals surface area contributed by atoms with Gasteiger partial charge in [-0.25, -0.2) is 0 Å². The van der Waals surface area contributed by atoms with Crippen LogP contribution in [-0.4, -0.2) is 12.2 Å². The number of halogens is 1. The summed E-state index contributed by atoms with van der Waals surface area (Å²) < 4.78 is 5.58. The maximum atomic E-state index is 6.10. The number of rotatable bonds is 9. The van der Waals surface area contributed by atoms with E-state index in [1.165, 1.54) is 19.3 Å². The monoisotopic (exact) mass is 280 g/mol. The lowest BCUT2D eigenvalue weighted by Crippen LogP contribution is -2.05. The fourth-order valence-corrected chi connectivity index (χ4v) is 2.23. The minimum atomic E-state index is -0.332. The van der Waals surface area contributed by atoms with E-state index in [1.54, 1.807) is 0 Å². The van der Waals surface area contributed by atoms with Crippen molar-refractivity contribution in [2.45, 2.75) is 45.1 Å². The van der Waals surface area contributed by atoms with Gasteiger partial charge in [-0.3, -0.25) is 0 Å². The second-order valence-electron chi connectivity index (χ2n) is 4.82. The Morgan fingerprint density at radius 2 is 1.84 bits per heavy atom. The van der Waals surface area contributed by atoms with Crippen molar-refractivity contribution in [1.82, 2.24) is 0 Å². The molecule has 0 fully saturated rings. The normalized spacial score (nSPS) is 13.3. The molecule has 0 aromatic heterocycles. The van der Waals surface area contributed by atoms with Crippen LogP contribution in [0.25, 0.3) is 6.08 Å². The summed E-state index contributed by atoms with van der Waals surface area (Å²) in [5.41, 5.74) is 0.815. The highest BCUT2D eigenvalue weighted by Crippen LogP contribution is 2.15. The molecule has 0 amide bonds. The SMILES string of the molecule is CCC(CC)CCCOC(Cl)/C=C/c1ccccc1. The van der Waals surface area contributed by atoms with Crippen molar-refractivity contribution in [3.63, 3.8) is 0 Å². The average Bonchev–Trinajstić information content (AvgIpc) is 2.46. The summed E-state index contributed by atoms with van der Waals surface area (Å²) >= 11 is 6.10. The Balaban J connectivity index is 2.18. The van der Waals surface area contributed by atoms with E-state index in [4.69, 9.17) is 16.3 Å². The molecule has 0 aliphatic carbocycles. The predicted molar refractivity (Wildman–Crippen MR) is 84.4 cm³/mol. The topological polar surface area (TPSA) is 9.23 Å². The first kappa shape index (κ1) is 16.3. The molecule has 0 saturated heterocycles. The van der Waals surface area contributed by atoms with Crippen LogP contribution in [0.2, 0.25) is 0 Å². The van der Waals surface area contributed by atoms with Crippen LogP contribution in [0.4, 0.5) is 0 Å². The van der Waals surface area contributed by atoms with E-state index in [2.05, 4.69) is 13.8 Å². The minimum Gasteiger partial charge on any atom is -0.359 e. The third-order valence-corrected chi connectivity index (χ3v) is 3.70. The molecule has 2 heteroatoms. The second-order valence-corrected chi connectivity index (χ2v) is 5.25. The Hall–Kier alpha value is -0.790. The number of benzene rings is 1. The van der Waals surface area contributed by atoms with Gasteiger partial charge in [0, 0.05) is 6.61 Å². The van der Waals surface area contributed by atoms with Crippen LogP contribution in [0.3, 0.4) is 0 Å². The lowest BCUT2D eigenvalue weighted by Gasteiger charge is -2.12. The summed E-state index contributed by atoms with van der Waals surface area (Å²) in [4.78, 5) is 0. The lowest BCUT2D eigenvalue weighted by molar-refractivity contribution is 0.128. The number of hydrogen-bond acceptors (Lipinski definition) is 1. The molecule has 0 saturated carbocycles. The molecule has 106 valence electrons. The highest BCUT2D eigenvalue weighted by Gasteiger charge is 2.04. The van der Waals surface area contributed by atoms with E-state index < -0.39 is 0 Å². The predicted octanol–water partition coefficient (Wildman–Crippen LogP) is 5.50.